The Morgan fingerprint density at radius 2 is 2.22 bits per heavy atom. The Labute approximate surface area is 100 Å². The van der Waals surface area contributed by atoms with Gasteiger partial charge in [-0.1, -0.05) is 0 Å². The smallest absolute Gasteiger partial charge is 0.376 e. The van der Waals surface area contributed by atoms with Gasteiger partial charge < -0.3 is 11.1 Å². The minimum Gasteiger partial charge on any atom is -0.376 e. The Hall–Kier alpha value is -1.90. The van der Waals surface area contributed by atoms with Crippen LogP contribution in [0.15, 0.2) is 12.3 Å². The third-order valence-electron chi connectivity index (χ3n) is 2.13. The largest absolute Gasteiger partial charge is 0.433 e. The second-order valence-electron chi connectivity index (χ2n) is 3.62. The van der Waals surface area contributed by atoms with E-state index in [0.29, 0.717) is 12.3 Å². The number of nitrogens with one attached hydrogen (secondary N) is 1. The summed E-state index contributed by atoms with van der Waals surface area (Å²) in [6, 6.07) is 0.205. The molecule has 0 aromatic carbocycles. The van der Waals surface area contributed by atoms with E-state index < -0.39 is 28.5 Å². The van der Waals surface area contributed by atoms with Crippen molar-refractivity contribution >= 4 is 11.4 Å². The second kappa shape index (κ2) is 5.17. The van der Waals surface area contributed by atoms with Crippen LogP contribution in [-0.4, -0.2) is 22.5 Å². The number of anilines is 1. The molecule has 0 aliphatic heterocycles. The lowest BCUT2D eigenvalue weighted by molar-refractivity contribution is -0.384. The molecule has 1 heterocycles. The van der Waals surface area contributed by atoms with E-state index in [1.54, 1.807) is 6.92 Å². The van der Waals surface area contributed by atoms with Gasteiger partial charge in [-0.25, -0.2) is 4.98 Å². The maximum atomic E-state index is 12.4. The molecule has 1 aromatic heterocycles. The molecular weight excluding hydrogens is 253 g/mol. The van der Waals surface area contributed by atoms with E-state index in [1.807, 2.05) is 0 Å². The van der Waals surface area contributed by atoms with Crippen LogP contribution in [-0.2, 0) is 6.18 Å². The number of nitrogens with two attached hydrogens (primary N) is 1. The molecule has 18 heavy (non-hydrogen) atoms. The zero-order chi connectivity index (χ0) is 13.9. The highest BCUT2D eigenvalue weighted by atomic mass is 19.4. The highest BCUT2D eigenvalue weighted by molar-refractivity contribution is 5.61. The molecule has 1 rings (SSSR count). The van der Waals surface area contributed by atoms with Gasteiger partial charge in [-0.15, -0.1) is 0 Å². The number of nitro groups is 1. The van der Waals surface area contributed by atoms with Gasteiger partial charge in [0.05, 0.1) is 4.92 Å². The summed E-state index contributed by atoms with van der Waals surface area (Å²) in [4.78, 5) is 12.9. The topological polar surface area (TPSA) is 94.1 Å². The van der Waals surface area contributed by atoms with E-state index in [4.69, 9.17) is 5.73 Å². The highest BCUT2D eigenvalue weighted by Gasteiger charge is 2.34. The first-order valence-electron chi connectivity index (χ1n) is 4.94. The van der Waals surface area contributed by atoms with Crippen LogP contribution < -0.4 is 11.1 Å². The normalized spacial score (nSPS) is 13.2. The molecule has 1 unspecified atom stereocenters. The van der Waals surface area contributed by atoms with Crippen LogP contribution >= 0.6 is 0 Å². The van der Waals surface area contributed by atoms with Crippen molar-refractivity contribution in [1.29, 1.82) is 0 Å². The van der Waals surface area contributed by atoms with Gasteiger partial charge >= 0.3 is 11.9 Å². The van der Waals surface area contributed by atoms with E-state index in [-0.39, 0.29) is 12.2 Å². The number of hydrogen-bond acceptors (Lipinski definition) is 5. The number of hydrogen-bond donors (Lipinski definition) is 2. The first kappa shape index (κ1) is 14.2. The third-order valence-corrected chi connectivity index (χ3v) is 2.13. The fraction of sp³-hybridized carbons (Fsp3) is 0.444. The number of aromatic nitrogens is 1. The van der Waals surface area contributed by atoms with Crippen LogP contribution in [0.25, 0.3) is 0 Å². The van der Waals surface area contributed by atoms with Gasteiger partial charge in [0.25, 0.3) is 0 Å². The Morgan fingerprint density at radius 1 is 1.61 bits per heavy atom. The molecule has 1 aromatic rings. The van der Waals surface area contributed by atoms with E-state index in [2.05, 4.69) is 10.3 Å². The van der Waals surface area contributed by atoms with Gasteiger partial charge in [0.15, 0.2) is 0 Å². The quantitative estimate of drug-likeness (QED) is 0.638. The zero-order valence-electron chi connectivity index (χ0n) is 9.36. The highest BCUT2D eigenvalue weighted by Crippen LogP contribution is 2.33. The van der Waals surface area contributed by atoms with Crippen molar-refractivity contribution < 1.29 is 18.1 Å². The fourth-order valence-corrected chi connectivity index (χ4v) is 1.19. The van der Waals surface area contributed by atoms with Crippen LogP contribution in [0.3, 0.4) is 0 Å². The molecule has 0 saturated carbocycles. The van der Waals surface area contributed by atoms with Gasteiger partial charge in [0.1, 0.15) is 17.6 Å². The van der Waals surface area contributed by atoms with Crippen molar-refractivity contribution in [3.8, 4) is 0 Å². The first-order valence-corrected chi connectivity index (χ1v) is 4.94. The summed E-state index contributed by atoms with van der Waals surface area (Å²) in [5, 5.41) is 13.2. The SMILES string of the molecule is CC(CN)Nc1cc(C(F)(F)F)ncc1[N+](=O)[O-]. The second-order valence-corrected chi connectivity index (χ2v) is 3.62. The minimum absolute atomic E-state index is 0.126. The summed E-state index contributed by atoms with van der Waals surface area (Å²) in [6.45, 7) is 1.72. The average Bonchev–Trinajstić information content (AvgIpc) is 2.27. The molecule has 0 aliphatic rings. The molecule has 1 atom stereocenters. The Morgan fingerprint density at radius 3 is 2.67 bits per heavy atom. The van der Waals surface area contributed by atoms with E-state index in [1.165, 1.54) is 0 Å². The van der Waals surface area contributed by atoms with E-state index >= 15 is 0 Å². The molecule has 0 spiro atoms. The minimum atomic E-state index is -4.66. The number of pyridine rings is 1. The summed E-state index contributed by atoms with van der Waals surface area (Å²) >= 11 is 0. The molecule has 100 valence electrons. The number of halogens is 3. The number of alkyl halides is 3. The van der Waals surface area contributed by atoms with Crippen molar-refractivity contribution in [3.05, 3.63) is 28.1 Å². The average molecular weight is 264 g/mol. The van der Waals surface area contributed by atoms with Crippen LogP contribution in [0.4, 0.5) is 24.5 Å². The molecule has 0 amide bonds. The lowest BCUT2D eigenvalue weighted by atomic mass is 10.2. The Bertz CT molecular complexity index is 450. The van der Waals surface area contributed by atoms with Gasteiger partial charge in [-0.2, -0.15) is 13.2 Å². The van der Waals surface area contributed by atoms with Crippen molar-refractivity contribution in [3.63, 3.8) is 0 Å². The lowest BCUT2D eigenvalue weighted by Crippen LogP contribution is -2.26. The molecule has 0 saturated heterocycles. The van der Waals surface area contributed by atoms with Gasteiger partial charge in [0, 0.05) is 12.6 Å². The lowest BCUT2D eigenvalue weighted by Gasteiger charge is -2.14. The fourth-order valence-electron chi connectivity index (χ4n) is 1.19. The Kier molecular flexibility index (Phi) is 4.07. The molecule has 0 bridgehead atoms. The van der Waals surface area contributed by atoms with Crippen molar-refractivity contribution in [1.82, 2.24) is 4.98 Å². The molecule has 0 radical (unpaired) electrons. The molecule has 3 N–H and O–H groups in total. The van der Waals surface area contributed by atoms with Crippen LogP contribution in [0, 0.1) is 10.1 Å². The van der Waals surface area contributed by atoms with Gasteiger partial charge in [-0.3, -0.25) is 10.1 Å². The zero-order valence-corrected chi connectivity index (χ0v) is 9.36. The maximum Gasteiger partial charge on any atom is 0.433 e. The van der Waals surface area contributed by atoms with E-state index in [9.17, 15) is 23.3 Å². The van der Waals surface area contributed by atoms with Crippen LogP contribution in [0.5, 0.6) is 0 Å². The van der Waals surface area contributed by atoms with Crippen LogP contribution in [0.1, 0.15) is 12.6 Å². The summed E-state index contributed by atoms with van der Waals surface area (Å²) in [5.74, 6) is 0. The Balaban J connectivity index is 3.20. The number of rotatable bonds is 4. The first-order chi connectivity index (χ1) is 8.25. The summed E-state index contributed by atoms with van der Waals surface area (Å²) < 4.78 is 37.3. The predicted octanol–water partition coefficient (Wildman–Crippen LogP) is 1.77. The summed E-state index contributed by atoms with van der Waals surface area (Å²) in [7, 11) is 0. The van der Waals surface area contributed by atoms with Crippen molar-refractivity contribution in [2.24, 2.45) is 5.73 Å². The molecule has 0 fully saturated rings. The number of nitrogens with zero attached hydrogens (tertiary/aromatic N) is 2. The molecule has 6 nitrogen and oxygen atoms in total. The van der Waals surface area contributed by atoms with Gasteiger partial charge in [0.2, 0.25) is 0 Å². The molecule has 0 aliphatic carbocycles. The maximum absolute atomic E-state index is 12.4. The van der Waals surface area contributed by atoms with Crippen molar-refractivity contribution in [2.75, 3.05) is 11.9 Å². The predicted molar refractivity (Wildman–Crippen MR) is 58.0 cm³/mol. The van der Waals surface area contributed by atoms with Crippen molar-refractivity contribution in [2.45, 2.75) is 19.1 Å². The van der Waals surface area contributed by atoms with E-state index in [0.717, 1.165) is 0 Å². The molecule has 9 heteroatoms. The molecular formula is C9H11F3N4O2. The monoisotopic (exact) mass is 264 g/mol. The third kappa shape index (κ3) is 3.29. The standard InChI is InChI=1S/C9H11F3N4O2/c1-5(3-13)15-6-2-8(9(10,11)12)14-4-7(6)16(17)18/h2,4-5H,3,13H2,1H3,(H,14,15). The summed E-state index contributed by atoms with van der Waals surface area (Å²) in [5.41, 5.74) is 3.33. The summed E-state index contributed by atoms with van der Waals surface area (Å²) in [6.07, 6.45) is -4.08. The van der Waals surface area contributed by atoms with Gasteiger partial charge in [-0.05, 0) is 13.0 Å². The van der Waals surface area contributed by atoms with Crippen LogP contribution in [0.2, 0.25) is 0 Å².